The van der Waals surface area contributed by atoms with Crippen LogP contribution in [0, 0.1) is 5.92 Å². The molecule has 0 aromatic carbocycles. The molecule has 1 aliphatic heterocycles. The predicted octanol–water partition coefficient (Wildman–Crippen LogP) is 1.26. The van der Waals surface area contributed by atoms with Gasteiger partial charge in [-0.2, -0.15) is 0 Å². The van der Waals surface area contributed by atoms with Crippen molar-refractivity contribution in [2.75, 3.05) is 24.5 Å². The zero-order chi connectivity index (χ0) is 9.80. The van der Waals surface area contributed by atoms with Gasteiger partial charge >= 0.3 is 0 Å². The average molecular weight is 191 g/mol. The molecular weight excluding hydrogens is 174 g/mol. The van der Waals surface area contributed by atoms with Gasteiger partial charge < -0.3 is 10.6 Å². The molecule has 2 rings (SSSR count). The monoisotopic (exact) mass is 191 g/mol. The molecule has 0 bridgehead atoms. The van der Waals surface area contributed by atoms with Crippen molar-refractivity contribution in [2.45, 2.75) is 12.8 Å². The molecule has 0 aliphatic carbocycles. The van der Waals surface area contributed by atoms with Gasteiger partial charge in [-0.3, -0.25) is 0 Å². The molecule has 2 N–H and O–H groups in total. The van der Waals surface area contributed by atoms with Gasteiger partial charge in [-0.15, -0.1) is 0 Å². The number of pyridine rings is 1. The van der Waals surface area contributed by atoms with Crippen LogP contribution in [-0.2, 0) is 0 Å². The van der Waals surface area contributed by atoms with Gasteiger partial charge in [0.05, 0.1) is 0 Å². The van der Waals surface area contributed by atoms with E-state index in [1.165, 1.54) is 12.8 Å². The number of piperidine rings is 1. The topological polar surface area (TPSA) is 42.1 Å². The van der Waals surface area contributed by atoms with Crippen molar-refractivity contribution in [3.63, 3.8) is 0 Å². The van der Waals surface area contributed by atoms with Gasteiger partial charge in [-0.25, -0.2) is 4.98 Å². The summed E-state index contributed by atoms with van der Waals surface area (Å²) in [7, 11) is 0. The van der Waals surface area contributed by atoms with Crippen molar-refractivity contribution < 1.29 is 0 Å². The van der Waals surface area contributed by atoms with Crippen molar-refractivity contribution in [1.29, 1.82) is 0 Å². The molecule has 1 fully saturated rings. The van der Waals surface area contributed by atoms with Gasteiger partial charge in [0.1, 0.15) is 5.82 Å². The number of hydrogen-bond donors (Lipinski definition) is 1. The quantitative estimate of drug-likeness (QED) is 0.765. The molecule has 0 spiro atoms. The van der Waals surface area contributed by atoms with E-state index < -0.39 is 0 Å². The number of nitrogens with two attached hydrogens (primary N) is 1. The normalized spacial score (nSPS) is 18.5. The minimum atomic E-state index is 0.718. The summed E-state index contributed by atoms with van der Waals surface area (Å²) in [6.45, 7) is 3.02. The Morgan fingerprint density at radius 1 is 1.36 bits per heavy atom. The fourth-order valence-corrected chi connectivity index (χ4v) is 1.94. The van der Waals surface area contributed by atoms with Crippen LogP contribution in [0.4, 0.5) is 5.82 Å². The Morgan fingerprint density at radius 2 is 2.14 bits per heavy atom. The van der Waals surface area contributed by atoms with Crippen LogP contribution in [0.25, 0.3) is 0 Å². The molecule has 1 aromatic rings. The van der Waals surface area contributed by atoms with Crippen LogP contribution < -0.4 is 10.6 Å². The van der Waals surface area contributed by atoms with E-state index in [1.807, 2.05) is 18.3 Å². The fraction of sp³-hybridized carbons (Fsp3) is 0.545. The van der Waals surface area contributed by atoms with Crippen LogP contribution in [0.5, 0.6) is 0 Å². The summed E-state index contributed by atoms with van der Waals surface area (Å²) >= 11 is 0. The SMILES string of the molecule is NCC1CCN(c2ccccn2)CC1. The molecule has 1 aromatic heterocycles. The third-order valence-corrected chi connectivity index (χ3v) is 2.92. The van der Waals surface area contributed by atoms with Gasteiger partial charge in [0.2, 0.25) is 0 Å². The molecule has 3 nitrogen and oxygen atoms in total. The lowest BCUT2D eigenvalue weighted by molar-refractivity contribution is 0.413. The zero-order valence-corrected chi connectivity index (χ0v) is 8.39. The summed E-state index contributed by atoms with van der Waals surface area (Å²) < 4.78 is 0. The van der Waals surface area contributed by atoms with Gasteiger partial charge in [0, 0.05) is 19.3 Å². The number of anilines is 1. The highest BCUT2D eigenvalue weighted by Gasteiger charge is 2.18. The summed E-state index contributed by atoms with van der Waals surface area (Å²) in [5.74, 6) is 1.82. The molecule has 2 heterocycles. The van der Waals surface area contributed by atoms with Crippen LogP contribution in [-0.4, -0.2) is 24.6 Å². The first-order valence-electron chi connectivity index (χ1n) is 5.26. The van der Waals surface area contributed by atoms with Crippen molar-refractivity contribution >= 4 is 5.82 Å². The summed E-state index contributed by atoms with van der Waals surface area (Å²) in [4.78, 5) is 6.69. The van der Waals surface area contributed by atoms with Gasteiger partial charge in [0.25, 0.3) is 0 Å². The second kappa shape index (κ2) is 4.42. The highest BCUT2D eigenvalue weighted by atomic mass is 15.2. The van der Waals surface area contributed by atoms with E-state index in [2.05, 4.69) is 16.0 Å². The molecule has 0 unspecified atom stereocenters. The largest absolute Gasteiger partial charge is 0.357 e. The van der Waals surface area contributed by atoms with E-state index in [9.17, 15) is 0 Å². The first-order valence-corrected chi connectivity index (χ1v) is 5.26. The van der Waals surface area contributed by atoms with Crippen LogP contribution in [0.15, 0.2) is 24.4 Å². The van der Waals surface area contributed by atoms with Crippen LogP contribution >= 0.6 is 0 Å². The molecule has 1 aliphatic rings. The molecule has 76 valence electrons. The summed E-state index contributed by atoms with van der Waals surface area (Å²) in [5.41, 5.74) is 5.65. The first-order chi connectivity index (χ1) is 6.90. The maximum atomic E-state index is 5.65. The Balaban J connectivity index is 1.96. The van der Waals surface area contributed by atoms with E-state index in [4.69, 9.17) is 5.73 Å². The van der Waals surface area contributed by atoms with Crippen molar-refractivity contribution in [3.8, 4) is 0 Å². The standard InChI is InChI=1S/C11H17N3/c12-9-10-4-7-14(8-5-10)11-3-1-2-6-13-11/h1-3,6,10H,4-5,7-9,12H2. The maximum absolute atomic E-state index is 5.65. The van der Waals surface area contributed by atoms with Gasteiger partial charge in [-0.1, -0.05) is 6.07 Å². The average Bonchev–Trinajstić information content (AvgIpc) is 2.30. The highest BCUT2D eigenvalue weighted by molar-refractivity contribution is 5.37. The Bertz CT molecular complexity index is 265. The molecule has 1 saturated heterocycles. The lowest BCUT2D eigenvalue weighted by Crippen LogP contribution is -2.36. The Hall–Kier alpha value is -1.09. The maximum Gasteiger partial charge on any atom is 0.128 e. The van der Waals surface area contributed by atoms with E-state index in [0.29, 0.717) is 0 Å². The molecule has 3 heteroatoms. The van der Waals surface area contributed by atoms with Crippen LogP contribution in [0.3, 0.4) is 0 Å². The second-order valence-corrected chi connectivity index (χ2v) is 3.85. The minimum Gasteiger partial charge on any atom is -0.357 e. The number of hydrogen-bond acceptors (Lipinski definition) is 3. The third kappa shape index (κ3) is 2.04. The first kappa shape index (κ1) is 9.46. The number of rotatable bonds is 2. The Morgan fingerprint density at radius 3 is 2.71 bits per heavy atom. The molecule has 0 atom stereocenters. The summed E-state index contributed by atoms with van der Waals surface area (Å²) in [6.07, 6.45) is 4.25. The van der Waals surface area contributed by atoms with Crippen LogP contribution in [0.1, 0.15) is 12.8 Å². The fourth-order valence-electron chi connectivity index (χ4n) is 1.94. The highest BCUT2D eigenvalue weighted by Crippen LogP contribution is 2.20. The van der Waals surface area contributed by atoms with E-state index in [0.717, 1.165) is 31.4 Å². The molecule has 0 amide bonds. The third-order valence-electron chi connectivity index (χ3n) is 2.92. The lowest BCUT2D eigenvalue weighted by Gasteiger charge is -2.32. The van der Waals surface area contributed by atoms with Crippen molar-refractivity contribution in [2.24, 2.45) is 11.7 Å². The summed E-state index contributed by atoms with van der Waals surface area (Å²) in [6, 6.07) is 6.07. The second-order valence-electron chi connectivity index (χ2n) is 3.85. The molecular formula is C11H17N3. The summed E-state index contributed by atoms with van der Waals surface area (Å²) in [5, 5.41) is 0. The number of aromatic nitrogens is 1. The molecule has 0 radical (unpaired) electrons. The lowest BCUT2D eigenvalue weighted by atomic mass is 9.97. The van der Waals surface area contributed by atoms with E-state index in [-0.39, 0.29) is 0 Å². The van der Waals surface area contributed by atoms with Crippen LogP contribution in [0.2, 0.25) is 0 Å². The molecule has 14 heavy (non-hydrogen) atoms. The molecule has 0 saturated carbocycles. The number of nitrogens with zero attached hydrogens (tertiary/aromatic N) is 2. The van der Waals surface area contributed by atoms with Crippen molar-refractivity contribution in [1.82, 2.24) is 4.98 Å². The van der Waals surface area contributed by atoms with Gasteiger partial charge in [-0.05, 0) is 37.4 Å². The Kier molecular flexibility index (Phi) is 2.99. The van der Waals surface area contributed by atoms with E-state index >= 15 is 0 Å². The van der Waals surface area contributed by atoms with Gasteiger partial charge in [0.15, 0.2) is 0 Å². The zero-order valence-electron chi connectivity index (χ0n) is 8.39. The smallest absolute Gasteiger partial charge is 0.128 e. The Labute approximate surface area is 84.9 Å². The predicted molar refractivity (Wildman–Crippen MR) is 58.2 cm³/mol. The van der Waals surface area contributed by atoms with Crippen molar-refractivity contribution in [3.05, 3.63) is 24.4 Å². The van der Waals surface area contributed by atoms with E-state index in [1.54, 1.807) is 0 Å². The minimum absolute atomic E-state index is 0.718.